The van der Waals surface area contributed by atoms with E-state index in [-0.39, 0.29) is 5.69 Å². The van der Waals surface area contributed by atoms with E-state index in [9.17, 15) is 13.6 Å². The minimum atomic E-state index is -0.677. The van der Waals surface area contributed by atoms with Crippen molar-refractivity contribution in [2.24, 2.45) is 7.05 Å². The molecule has 2 heterocycles. The largest absolute Gasteiger partial charge is 0.319 e. The molecule has 1 N–H and O–H groups in total. The highest BCUT2D eigenvalue weighted by Gasteiger charge is 2.16. The van der Waals surface area contributed by atoms with Gasteiger partial charge in [-0.25, -0.2) is 8.78 Å². The lowest BCUT2D eigenvalue weighted by Crippen LogP contribution is -2.11. The number of aryl methyl sites for hydroxylation is 2. The second-order valence-electron chi connectivity index (χ2n) is 4.62. The second-order valence-corrected chi connectivity index (χ2v) is 5.65. The minimum absolute atomic E-state index is 0.174. The first-order chi connectivity index (χ1) is 9.95. The summed E-state index contributed by atoms with van der Waals surface area (Å²) in [6.45, 7) is 1.85. The maximum atomic E-state index is 13.5. The number of hydrogen-bond donors (Lipinski definition) is 1. The summed E-state index contributed by atoms with van der Waals surface area (Å²) in [5, 5.41) is 7.51. The Balaban J connectivity index is 1.93. The third-order valence-electron chi connectivity index (χ3n) is 3.10. The van der Waals surface area contributed by atoms with Crippen molar-refractivity contribution in [1.29, 1.82) is 0 Å². The van der Waals surface area contributed by atoms with Gasteiger partial charge in [0.15, 0.2) is 0 Å². The summed E-state index contributed by atoms with van der Waals surface area (Å²) < 4.78 is 28.3. The molecule has 0 fully saturated rings. The van der Waals surface area contributed by atoms with Crippen molar-refractivity contribution >= 4 is 33.1 Å². The smallest absolute Gasteiger partial charge is 0.265 e. The topological polar surface area (TPSA) is 46.9 Å². The van der Waals surface area contributed by atoms with Gasteiger partial charge in [0.1, 0.15) is 16.5 Å². The van der Waals surface area contributed by atoms with Crippen LogP contribution in [0.15, 0.2) is 24.3 Å². The van der Waals surface area contributed by atoms with Crippen LogP contribution in [-0.4, -0.2) is 15.7 Å². The molecule has 3 rings (SSSR count). The molecule has 0 aliphatic rings. The van der Waals surface area contributed by atoms with E-state index in [0.717, 1.165) is 34.1 Å². The van der Waals surface area contributed by atoms with Crippen LogP contribution in [0.2, 0.25) is 0 Å². The van der Waals surface area contributed by atoms with E-state index in [4.69, 9.17) is 0 Å². The molecule has 0 aliphatic carbocycles. The van der Waals surface area contributed by atoms with Gasteiger partial charge < -0.3 is 5.32 Å². The third kappa shape index (κ3) is 2.40. The normalized spacial score (nSPS) is 11.0. The molecule has 0 bridgehead atoms. The van der Waals surface area contributed by atoms with Crippen molar-refractivity contribution < 1.29 is 13.6 Å². The fourth-order valence-electron chi connectivity index (χ4n) is 2.09. The molecule has 0 saturated carbocycles. The molecule has 0 aliphatic heterocycles. The number of halogens is 2. The Morgan fingerprint density at radius 1 is 1.33 bits per heavy atom. The summed E-state index contributed by atoms with van der Waals surface area (Å²) in [6.07, 6.45) is 0. The highest BCUT2D eigenvalue weighted by Crippen LogP contribution is 2.28. The summed E-state index contributed by atoms with van der Waals surface area (Å²) in [4.78, 5) is 13.4. The van der Waals surface area contributed by atoms with Gasteiger partial charge in [-0.3, -0.25) is 9.48 Å². The molecule has 0 saturated heterocycles. The van der Waals surface area contributed by atoms with E-state index < -0.39 is 17.5 Å². The fraction of sp³-hybridized carbons (Fsp3) is 0.143. The van der Waals surface area contributed by atoms with Crippen LogP contribution in [0.3, 0.4) is 0 Å². The summed E-state index contributed by atoms with van der Waals surface area (Å²) in [5.41, 5.74) is 0.645. The van der Waals surface area contributed by atoms with Crippen LogP contribution in [0.4, 0.5) is 14.5 Å². The maximum absolute atomic E-state index is 13.5. The monoisotopic (exact) mass is 307 g/mol. The van der Waals surface area contributed by atoms with Gasteiger partial charge in [-0.1, -0.05) is 0 Å². The van der Waals surface area contributed by atoms with Crippen LogP contribution in [0.5, 0.6) is 0 Å². The number of nitrogens with zero attached hydrogens (tertiary/aromatic N) is 2. The number of amides is 1. The van der Waals surface area contributed by atoms with E-state index in [1.807, 2.05) is 6.92 Å². The molecular weight excluding hydrogens is 296 g/mol. The van der Waals surface area contributed by atoms with E-state index >= 15 is 0 Å². The third-order valence-corrected chi connectivity index (χ3v) is 4.30. The van der Waals surface area contributed by atoms with Crippen LogP contribution in [-0.2, 0) is 7.05 Å². The van der Waals surface area contributed by atoms with Gasteiger partial charge in [-0.15, -0.1) is 11.3 Å². The van der Waals surface area contributed by atoms with Crippen LogP contribution in [0.25, 0.3) is 10.2 Å². The number of anilines is 1. The van der Waals surface area contributed by atoms with Gasteiger partial charge in [-0.05, 0) is 25.1 Å². The Hall–Kier alpha value is -2.28. The van der Waals surface area contributed by atoms with Gasteiger partial charge in [-0.2, -0.15) is 5.10 Å². The second kappa shape index (κ2) is 4.92. The van der Waals surface area contributed by atoms with Crippen LogP contribution < -0.4 is 5.32 Å². The lowest BCUT2D eigenvalue weighted by atomic mass is 10.2. The minimum Gasteiger partial charge on any atom is -0.319 e. The fourth-order valence-corrected chi connectivity index (χ4v) is 3.11. The number of thiophene rings is 1. The van der Waals surface area contributed by atoms with Crippen LogP contribution in [0.1, 0.15) is 15.4 Å². The highest BCUT2D eigenvalue weighted by atomic mass is 32.1. The molecule has 0 radical (unpaired) electrons. The number of hydrogen-bond acceptors (Lipinski definition) is 3. The number of rotatable bonds is 2. The Kier molecular flexibility index (Phi) is 3.21. The van der Waals surface area contributed by atoms with E-state index in [1.54, 1.807) is 17.8 Å². The van der Waals surface area contributed by atoms with Gasteiger partial charge >= 0.3 is 0 Å². The number of benzene rings is 1. The lowest BCUT2D eigenvalue weighted by molar-refractivity contribution is 0.103. The molecule has 108 valence electrons. The number of carbonyl (C=O) groups is 1. The van der Waals surface area contributed by atoms with E-state index in [1.165, 1.54) is 11.3 Å². The Labute approximate surface area is 123 Å². The van der Waals surface area contributed by atoms with Gasteiger partial charge in [0.05, 0.1) is 16.3 Å². The molecule has 7 heteroatoms. The Morgan fingerprint density at radius 2 is 2.10 bits per heavy atom. The van der Waals surface area contributed by atoms with Gasteiger partial charge in [0.2, 0.25) is 0 Å². The number of nitrogens with one attached hydrogen (secondary N) is 1. The predicted octanol–water partition coefficient (Wildman–Crippen LogP) is 3.47. The zero-order valence-electron chi connectivity index (χ0n) is 11.3. The van der Waals surface area contributed by atoms with Crippen molar-refractivity contribution in [3.05, 3.63) is 46.5 Å². The van der Waals surface area contributed by atoms with Gasteiger partial charge in [0, 0.05) is 18.5 Å². The average Bonchev–Trinajstić information content (AvgIpc) is 2.97. The van der Waals surface area contributed by atoms with Crippen LogP contribution >= 0.6 is 11.3 Å². The van der Waals surface area contributed by atoms with E-state index in [2.05, 4.69) is 10.4 Å². The number of fused-ring (bicyclic) bond motifs is 1. The summed E-state index contributed by atoms with van der Waals surface area (Å²) in [6, 6.07) is 4.63. The lowest BCUT2D eigenvalue weighted by Gasteiger charge is -2.04. The van der Waals surface area contributed by atoms with Crippen molar-refractivity contribution in [3.8, 4) is 0 Å². The first-order valence-electron chi connectivity index (χ1n) is 6.15. The molecule has 1 aromatic carbocycles. The molecule has 2 aromatic heterocycles. The first kappa shape index (κ1) is 13.7. The van der Waals surface area contributed by atoms with Crippen molar-refractivity contribution in [3.63, 3.8) is 0 Å². The standard InChI is InChI=1S/C14H11F2N3OS/c1-7-9-6-12(21-14(9)19(2)18-7)13(20)17-11-5-8(15)3-4-10(11)16/h3-6H,1-2H3,(H,17,20). The van der Waals surface area contributed by atoms with Crippen molar-refractivity contribution in [2.75, 3.05) is 5.32 Å². The van der Waals surface area contributed by atoms with Crippen molar-refractivity contribution in [2.45, 2.75) is 6.92 Å². The molecule has 0 atom stereocenters. The average molecular weight is 307 g/mol. The molecule has 21 heavy (non-hydrogen) atoms. The molecule has 0 spiro atoms. The van der Waals surface area contributed by atoms with Crippen LogP contribution in [0, 0.1) is 18.6 Å². The molecule has 0 unspecified atom stereocenters. The van der Waals surface area contributed by atoms with Gasteiger partial charge in [0.25, 0.3) is 5.91 Å². The quantitative estimate of drug-likeness (QED) is 0.788. The molecule has 1 amide bonds. The SMILES string of the molecule is Cc1nn(C)c2sc(C(=O)Nc3cc(F)ccc3F)cc12. The number of carbonyl (C=O) groups excluding carboxylic acids is 1. The highest BCUT2D eigenvalue weighted by molar-refractivity contribution is 7.20. The zero-order valence-corrected chi connectivity index (χ0v) is 12.1. The summed E-state index contributed by atoms with van der Waals surface area (Å²) in [5.74, 6) is -1.76. The maximum Gasteiger partial charge on any atom is 0.265 e. The zero-order chi connectivity index (χ0) is 15.1. The molecule has 3 aromatic rings. The summed E-state index contributed by atoms with van der Waals surface area (Å²) >= 11 is 1.25. The Bertz CT molecular complexity index is 819. The van der Waals surface area contributed by atoms with Crippen molar-refractivity contribution in [1.82, 2.24) is 9.78 Å². The van der Waals surface area contributed by atoms with E-state index in [0.29, 0.717) is 4.88 Å². The predicted molar refractivity (Wildman–Crippen MR) is 77.6 cm³/mol. The first-order valence-corrected chi connectivity index (χ1v) is 6.97. The Morgan fingerprint density at radius 3 is 2.81 bits per heavy atom. The number of aromatic nitrogens is 2. The molecular formula is C14H11F2N3OS. The molecule has 4 nitrogen and oxygen atoms in total. The summed E-state index contributed by atoms with van der Waals surface area (Å²) in [7, 11) is 1.79.